The molecule has 1 aromatic heterocycles. The smallest absolute Gasteiger partial charge is 0.231 e. The van der Waals surface area contributed by atoms with Crippen molar-refractivity contribution in [2.45, 2.75) is 17.8 Å². The van der Waals surface area contributed by atoms with Gasteiger partial charge in [0.25, 0.3) is 0 Å². The lowest BCUT2D eigenvalue weighted by atomic mass is 9.99. The molecule has 1 saturated carbocycles. The highest BCUT2D eigenvalue weighted by molar-refractivity contribution is 5.75. The minimum absolute atomic E-state index is 0.127. The molecule has 23 heavy (non-hydrogen) atoms. The number of rotatable bonds is 2. The maximum Gasteiger partial charge on any atom is 0.231 e. The van der Waals surface area contributed by atoms with Crippen LogP contribution >= 0.6 is 0 Å². The Hall–Kier alpha value is -3.00. The highest BCUT2D eigenvalue weighted by Crippen LogP contribution is 2.60. The van der Waals surface area contributed by atoms with Crippen molar-refractivity contribution < 1.29 is 9.47 Å². The molecular formula is C18H13N3O2. The summed E-state index contributed by atoms with van der Waals surface area (Å²) in [5.41, 5.74) is 2.38. The van der Waals surface area contributed by atoms with Crippen LogP contribution in [-0.4, -0.2) is 16.8 Å². The number of nitrogens with one attached hydrogen (secondary N) is 1. The molecule has 2 heterocycles. The summed E-state index contributed by atoms with van der Waals surface area (Å²) in [5.74, 6) is 2.40. The molecule has 0 unspecified atom stereocenters. The zero-order valence-corrected chi connectivity index (χ0v) is 12.2. The third-order valence-corrected chi connectivity index (χ3v) is 4.77. The van der Waals surface area contributed by atoms with Gasteiger partial charge in [-0.15, -0.1) is 0 Å². The number of nitriles is 1. The molecule has 3 aromatic rings. The lowest BCUT2D eigenvalue weighted by Gasteiger charge is -2.06. The van der Waals surface area contributed by atoms with E-state index in [2.05, 4.69) is 16.0 Å². The summed E-state index contributed by atoms with van der Waals surface area (Å²) >= 11 is 0. The van der Waals surface area contributed by atoms with Crippen molar-refractivity contribution in [3.05, 3.63) is 53.9 Å². The molecule has 0 spiro atoms. The van der Waals surface area contributed by atoms with Gasteiger partial charge in [0.1, 0.15) is 11.2 Å². The zero-order chi connectivity index (χ0) is 15.4. The summed E-state index contributed by atoms with van der Waals surface area (Å²) in [6.45, 7) is 0.260. The zero-order valence-electron chi connectivity index (χ0n) is 12.2. The molecule has 2 aliphatic rings. The predicted molar refractivity (Wildman–Crippen MR) is 83.3 cm³/mol. The van der Waals surface area contributed by atoms with Crippen molar-refractivity contribution in [1.82, 2.24) is 9.97 Å². The van der Waals surface area contributed by atoms with Crippen molar-refractivity contribution in [3.8, 4) is 17.6 Å². The van der Waals surface area contributed by atoms with Gasteiger partial charge in [-0.25, -0.2) is 4.98 Å². The lowest BCUT2D eigenvalue weighted by Crippen LogP contribution is -2.08. The summed E-state index contributed by atoms with van der Waals surface area (Å²) in [6.07, 6.45) is 0.767. The van der Waals surface area contributed by atoms with E-state index < -0.39 is 5.41 Å². The monoisotopic (exact) mass is 303 g/mol. The third kappa shape index (κ3) is 1.69. The van der Waals surface area contributed by atoms with Gasteiger partial charge in [-0.3, -0.25) is 0 Å². The molecule has 0 bridgehead atoms. The second-order valence-electron chi connectivity index (χ2n) is 6.06. The van der Waals surface area contributed by atoms with Gasteiger partial charge in [-0.2, -0.15) is 5.26 Å². The van der Waals surface area contributed by atoms with Crippen LogP contribution in [0.25, 0.3) is 11.0 Å². The third-order valence-electron chi connectivity index (χ3n) is 4.77. The highest BCUT2D eigenvalue weighted by Gasteiger charge is 2.59. The number of H-pyrrole nitrogens is 1. The molecule has 0 saturated heterocycles. The minimum atomic E-state index is -0.577. The molecule has 1 fully saturated rings. The Morgan fingerprint density at radius 2 is 2.04 bits per heavy atom. The van der Waals surface area contributed by atoms with Gasteiger partial charge in [0, 0.05) is 5.92 Å². The molecule has 2 atom stereocenters. The van der Waals surface area contributed by atoms with Gasteiger partial charge in [0.15, 0.2) is 11.5 Å². The van der Waals surface area contributed by atoms with Crippen molar-refractivity contribution in [2.75, 3.05) is 6.79 Å². The van der Waals surface area contributed by atoms with Crippen LogP contribution in [0.4, 0.5) is 0 Å². The number of hydrogen-bond donors (Lipinski definition) is 1. The van der Waals surface area contributed by atoms with E-state index in [0.29, 0.717) is 0 Å². The first-order chi connectivity index (χ1) is 11.3. The van der Waals surface area contributed by atoms with Crippen molar-refractivity contribution >= 4 is 11.0 Å². The summed E-state index contributed by atoms with van der Waals surface area (Å²) < 4.78 is 10.8. The van der Waals surface area contributed by atoms with Gasteiger partial charge < -0.3 is 14.5 Å². The summed E-state index contributed by atoms with van der Waals surface area (Å²) in [6, 6.07) is 16.2. The number of ether oxygens (including phenoxy) is 2. The lowest BCUT2D eigenvalue weighted by molar-refractivity contribution is 0.174. The van der Waals surface area contributed by atoms with Crippen LogP contribution in [0.2, 0.25) is 0 Å². The van der Waals surface area contributed by atoms with E-state index in [1.807, 2.05) is 42.5 Å². The number of fused-ring (bicyclic) bond motifs is 2. The topological polar surface area (TPSA) is 70.9 Å². The van der Waals surface area contributed by atoms with Gasteiger partial charge in [-0.05, 0) is 36.2 Å². The second kappa shape index (κ2) is 4.26. The van der Waals surface area contributed by atoms with Crippen molar-refractivity contribution in [1.29, 1.82) is 5.26 Å². The van der Waals surface area contributed by atoms with E-state index in [9.17, 15) is 5.26 Å². The minimum Gasteiger partial charge on any atom is -0.454 e. The maximum absolute atomic E-state index is 9.79. The molecule has 5 heteroatoms. The second-order valence-corrected chi connectivity index (χ2v) is 6.06. The van der Waals surface area contributed by atoms with Crippen LogP contribution in [0.5, 0.6) is 11.5 Å². The molecule has 112 valence electrons. The Balaban J connectivity index is 1.55. The van der Waals surface area contributed by atoms with Crippen LogP contribution in [0, 0.1) is 11.3 Å². The Morgan fingerprint density at radius 1 is 1.17 bits per heavy atom. The van der Waals surface area contributed by atoms with Crippen LogP contribution < -0.4 is 9.47 Å². The Labute approximate surface area is 132 Å². The molecule has 1 aliphatic heterocycles. The van der Waals surface area contributed by atoms with Crippen LogP contribution in [0.3, 0.4) is 0 Å². The number of aromatic amines is 1. The highest BCUT2D eigenvalue weighted by atomic mass is 16.7. The number of aromatic nitrogens is 2. The summed E-state index contributed by atoms with van der Waals surface area (Å²) in [4.78, 5) is 7.94. The summed E-state index contributed by atoms with van der Waals surface area (Å²) in [7, 11) is 0. The predicted octanol–water partition coefficient (Wildman–Crippen LogP) is 3.24. The number of benzene rings is 2. The number of nitrogens with zero attached hydrogens (tertiary/aromatic N) is 2. The van der Waals surface area contributed by atoms with Crippen molar-refractivity contribution in [3.63, 3.8) is 0 Å². The maximum atomic E-state index is 9.79. The fraction of sp³-hybridized carbons (Fsp3) is 0.222. The Kier molecular flexibility index (Phi) is 2.32. The molecule has 1 aliphatic carbocycles. The quantitative estimate of drug-likeness (QED) is 0.789. The van der Waals surface area contributed by atoms with Crippen LogP contribution in [0.15, 0.2) is 42.5 Å². The van der Waals surface area contributed by atoms with E-state index in [4.69, 9.17) is 9.47 Å². The molecular weight excluding hydrogens is 290 g/mol. The van der Waals surface area contributed by atoms with E-state index in [1.165, 1.54) is 0 Å². The number of hydrogen-bond acceptors (Lipinski definition) is 4. The summed E-state index contributed by atoms with van der Waals surface area (Å²) in [5, 5.41) is 9.79. The normalized spacial score (nSPS) is 24.6. The van der Waals surface area contributed by atoms with Gasteiger partial charge in [-0.1, -0.05) is 18.2 Å². The molecule has 0 amide bonds. The first-order valence-corrected chi connectivity index (χ1v) is 7.56. The fourth-order valence-corrected chi connectivity index (χ4v) is 3.40. The first kappa shape index (κ1) is 12.5. The van der Waals surface area contributed by atoms with Gasteiger partial charge in [0.2, 0.25) is 6.79 Å². The fourth-order valence-electron chi connectivity index (χ4n) is 3.40. The van der Waals surface area contributed by atoms with E-state index in [0.717, 1.165) is 40.3 Å². The van der Waals surface area contributed by atoms with E-state index >= 15 is 0 Å². The largest absolute Gasteiger partial charge is 0.454 e. The first-order valence-electron chi connectivity index (χ1n) is 7.56. The SMILES string of the molecule is N#C[C@]1(c2nc3ccccc3[nH]2)C[C@@H]1c1ccc2c(c1)OCO2. The van der Waals surface area contributed by atoms with Crippen molar-refractivity contribution in [2.24, 2.45) is 0 Å². The van der Waals surface area contributed by atoms with Crippen LogP contribution in [0.1, 0.15) is 23.7 Å². The Bertz CT molecular complexity index is 939. The Morgan fingerprint density at radius 3 is 2.91 bits per heavy atom. The molecule has 2 aromatic carbocycles. The molecule has 0 radical (unpaired) electrons. The average Bonchev–Trinajstić information content (AvgIpc) is 2.95. The number of imidazole rings is 1. The van der Waals surface area contributed by atoms with Gasteiger partial charge >= 0.3 is 0 Å². The average molecular weight is 303 g/mol. The standard InChI is InChI=1S/C18H13N3O2/c19-9-18(17-20-13-3-1-2-4-14(13)21-17)8-12(18)11-5-6-15-16(7-11)23-10-22-15/h1-7,12H,8,10H2,(H,20,21)/t12-,18-/m1/s1. The van der Waals surface area contributed by atoms with Gasteiger partial charge in [0.05, 0.1) is 17.1 Å². The van der Waals surface area contributed by atoms with Crippen LogP contribution in [-0.2, 0) is 5.41 Å². The van der Waals surface area contributed by atoms with E-state index in [-0.39, 0.29) is 12.7 Å². The molecule has 1 N–H and O–H groups in total. The molecule has 5 nitrogen and oxygen atoms in total. The number of para-hydroxylation sites is 2. The molecule has 5 rings (SSSR count). The van der Waals surface area contributed by atoms with E-state index in [1.54, 1.807) is 0 Å².